The quantitative estimate of drug-likeness (QED) is 0.534. The topological polar surface area (TPSA) is 69.2 Å². The van der Waals surface area contributed by atoms with Gasteiger partial charge in [0.05, 0.1) is 16.0 Å². The molecule has 0 fully saturated rings. The van der Waals surface area contributed by atoms with E-state index in [2.05, 4.69) is 4.98 Å². The third-order valence-corrected chi connectivity index (χ3v) is 3.46. The van der Waals surface area contributed by atoms with E-state index in [1.807, 2.05) is 17.5 Å². The van der Waals surface area contributed by atoms with Crippen molar-refractivity contribution >= 4 is 17.0 Å². The van der Waals surface area contributed by atoms with E-state index in [-0.39, 0.29) is 5.69 Å². The number of benzene rings is 1. The van der Waals surface area contributed by atoms with Crippen LogP contribution in [0.1, 0.15) is 0 Å². The van der Waals surface area contributed by atoms with Crippen LogP contribution in [0.3, 0.4) is 0 Å². The van der Waals surface area contributed by atoms with Crippen molar-refractivity contribution in [2.45, 2.75) is 0 Å². The maximum atomic E-state index is 10.6. The largest absolute Gasteiger partial charge is 0.435 e. The van der Waals surface area contributed by atoms with Gasteiger partial charge in [-0.25, -0.2) is 4.98 Å². The highest BCUT2D eigenvalue weighted by Gasteiger charge is 2.10. The molecule has 3 rings (SSSR count). The summed E-state index contributed by atoms with van der Waals surface area (Å²) in [6, 6.07) is 10.0. The van der Waals surface area contributed by atoms with E-state index >= 15 is 0 Å². The molecule has 6 heteroatoms. The standard InChI is InChI=1S/C13H8N2O3S/c16-15(17)10-5-3-9(4-6-10)11-8-14-13(18-11)12-2-1-7-19-12/h1-8H. The van der Waals surface area contributed by atoms with E-state index < -0.39 is 4.92 Å². The van der Waals surface area contributed by atoms with Crippen LogP contribution in [0.4, 0.5) is 5.69 Å². The lowest BCUT2D eigenvalue weighted by Gasteiger charge is -1.95. The average Bonchev–Trinajstić information content (AvgIpc) is 3.10. The van der Waals surface area contributed by atoms with Gasteiger partial charge in [-0.1, -0.05) is 6.07 Å². The Bertz CT molecular complexity index is 702. The summed E-state index contributed by atoms with van der Waals surface area (Å²) in [7, 11) is 0. The summed E-state index contributed by atoms with van der Waals surface area (Å²) in [4.78, 5) is 15.3. The number of thiophene rings is 1. The summed E-state index contributed by atoms with van der Waals surface area (Å²) in [6.07, 6.45) is 1.62. The third kappa shape index (κ3) is 2.25. The van der Waals surface area contributed by atoms with E-state index in [4.69, 9.17) is 4.42 Å². The van der Waals surface area contributed by atoms with Gasteiger partial charge in [-0.15, -0.1) is 11.3 Å². The molecule has 0 radical (unpaired) electrons. The number of nitrogens with zero attached hydrogens (tertiary/aromatic N) is 2. The minimum atomic E-state index is -0.429. The molecule has 0 atom stereocenters. The average molecular weight is 272 g/mol. The monoisotopic (exact) mass is 272 g/mol. The predicted octanol–water partition coefficient (Wildman–Crippen LogP) is 3.98. The molecule has 0 aliphatic heterocycles. The van der Waals surface area contributed by atoms with Gasteiger partial charge in [-0.2, -0.15) is 0 Å². The number of hydrogen-bond donors (Lipinski definition) is 0. The van der Waals surface area contributed by atoms with Crippen LogP contribution in [0.25, 0.3) is 22.1 Å². The van der Waals surface area contributed by atoms with Gasteiger partial charge in [-0.05, 0) is 23.6 Å². The van der Waals surface area contributed by atoms with Gasteiger partial charge in [0.2, 0.25) is 5.89 Å². The van der Waals surface area contributed by atoms with Crippen molar-refractivity contribution in [2.75, 3.05) is 0 Å². The van der Waals surface area contributed by atoms with E-state index in [0.29, 0.717) is 11.7 Å². The van der Waals surface area contributed by atoms with Gasteiger partial charge in [0.25, 0.3) is 5.69 Å². The molecule has 0 unspecified atom stereocenters. The van der Waals surface area contributed by atoms with Crippen LogP contribution < -0.4 is 0 Å². The van der Waals surface area contributed by atoms with Crippen LogP contribution in [0, 0.1) is 10.1 Å². The molecule has 3 aromatic rings. The SMILES string of the molecule is O=[N+]([O-])c1ccc(-c2cnc(-c3cccs3)o2)cc1. The Morgan fingerprint density at radius 1 is 1.21 bits per heavy atom. The highest BCUT2D eigenvalue weighted by molar-refractivity contribution is 7.13. The van der Waals surface area contributed by atoms with Crippen molar-refractivity contribution in [3.05, 3.63) is 58.1 Å². The first-order valence-corrected chi connectivity index (χ1v) is 6.36. The van der Waals surface area contributed by atoms with Gasteiger partial charge in [0.15, 0.2) is 5.76 Å². The highest BCUT2D eigenvalue weighted by Crippen LogP contribution is 2.29. The molecule has 0 aliphatic carbocycles. The molecule has 0 amide bonds. The second-order valence-corrected chi connectivity index (χ2v) is 4.76. The Balaban J connectivity index is 1.92. The van der Waals surface area contributed by atoms with Gasteiger partial charge in [0, 0.05) is 17.7 Å². The van der Waals surface area contributed by atoms with Gasteiger partial charge in [-0.3, -0.25) is 10.1 Å². The molecule has 19 heavy (non-hydrogen) atoms. The zero-order valence-corrected chi connectivity index (χ0v) is 10.5. The molecule has 2 heterocycles. The fourth-order valence-electron chi connectivity index (χ4n) is 1.67. The first kappa shape index (κ1) is 11.6. The summed E-state index contributed by atoms with van der Waals surface area (Å²) in [5, 5.41) is 12.5. The fraction of sp³-hybridized carbons (Fsp3) is 0. The molecule has 0 bridgehead atoms. The zero-order chi connectivity index (χ0) is 13.2. The van der Waals surface area contributed by atoms with Crippen LogP contribution in [0.5, 0.6) is 0 Å². The van der Waals surface area contributed by atoms with Crippen LogP contribution in [-0.2, 0) is 0 Å². The Morgan fingerprint density at radius 2 is 2.00 bits per heavy atom. The molecule has 0 saturated carbocycles. The first-order valence-electron chi connectivity index (χ1n) is 5.48. The number of non-ortho nitro benzene ring substituents is 1. The van der Waals surface area contributed by atoms with Crippen molar-refractivity contribution in [3.63, 3.8) is 0 Å². The number of aromatic nitrogens is 1. The lowest BCUT2D eigenvalue weighted by Crippen LogP contribution is -1.86. The summed E-state index contributed by atoms with van der Waals surface area (Å²) in [5.41, 5.74) is 0.822. The summed E-state index contributed by atoms with van der Waals surface area (Å²) >= 11 is 1.55. The normalized spacial score (nSPS) is 10.5. The third-order valence-electron chi connectivity index (χ3n) is 2.60. The lowest BCUT2D eigenvalue weighted by atomic mass is 10.2. The molecular weight excluding hydrogens is 264 g/mol. The second kappa shape index (κ2) is 4.66. The van der Waals surface area contributed by atoms with E-state index in [0.717, 1.165) is 10.4 Å². The molecule has 1 aromatic carbocycles. The molecule has 94 valence electrons. The Kier molecular flexibility index (Phi) is 2.85. The maximum absolute atomic E-state index is 10.6. The number of oxazole rings is 1. The van der Waals surface area contributed by atoms with E-state index in [1.54, 1.807) is 29.7 Å². The second-order valence-electron chi connectivity index (χ2n) is 3.81. The van der Waals surface area contributed by atoms with Crippen molar-refractivity contribution in [2.24, 2.45) is 0 Å². The summed E-state index contributed by atoms with van der Waals surface area (Å²) in [6.45, 7) is 0. The van der Waals surface area contributed by atoms with Crippen molar-refractivity contribution < 1.29 is 9.34 Å². The van der Waals surface area contributed by atoms with Crippen molar-refractivity contribution in [3.8, 4) is 22.1 Å². The van der Waals surface area contributed by atoms with Crippen LogP contribution in [-0.4, -0.2) is 9.91 Å². The summed E-state index contributed by atoms with van der Waals surface area (Å²) < 4.78 is 5.64. The fourth-order valence-corrected chi connectivity index (χ4v) is 2.33. The first-order chi connectivity index (χ1) is 9.24. The molecule has 5 nitrogen and oxygen atoms in total. The molecule has 0 N–H and O–H groups in total. The number of nitro benzene ring substituents is 1. The Hall–Kier alpha value is -2.47. The zero-order valence-electron chi connectivity index (χ0n) is 9.65. The number of nitro groups is 1. The summed E-state index contributed by atoms with van der Waals surface area (Å²) in [5.74, 6) is 1.15. The van der Waals surface area contributed by atoms with Crippen LogP contribution in [0.2, 0.25) is 0 Å². The lowest BCUT2D eigenvalue weighted by molar-refractivity contribution is -0.384. The Labute approximate surface area is 112 Å². The van der Waals surface area contributed by atoms with Gasteiger partial charge >= 0.3 is 0 Å². The predicted molar refractivity (Wildman–Crippen MR) is 71.9 cm³/mol. The minimum absolute atomic E-state index is 0.0572. The van der Waals surface area contributed by atoms with Crippen molar-refractivity contribution in [1.82, 2.24) is 4.98 Å². The van der Waals surface area contributed by atoms with Gasteiger partial charge < -0.3 is 4.42 Å². The Morgan fingerprint density at radius 3 is 2.63 bits per heavy atom. The van der Waals surface area contributed by atoms with E-state index in [9.17, 15) is 10.1 Å². The van der Waals surface area contributed by atoms with Crippen LogP contribution >= 0.6 is 11.3 Å². The molecular formula is C13H8N2O3S. The number of rotatable bonds is 3. The molecule has 0 aliphatic rings. The number of hydrogen-bond acceptors (Lipinski definition) is 5. The van der Waals surface area contributed by atoms with Gasteiger partial charge in [0.1, 0.15) is 0 Å². The highest BCUT2D eigenvalue weighted by atomic mass is 32.1. The minimum Gasteiger partial charge on any atom is -0.435 e. The molecule has 0 spiro atoms. The van der Waals surface area contributed by atoms with Crippen molar-refractivity contribution in [1.29, 1.82) is 0 Å². The van der Waals surface area contributed by atoms with E-state index in [1.165, 1.54) is 12.1 Å². The molecule has 2 aromatic heterocycles. The molecule has 0 saturated heterocycles. The van der Waals surface area contributed by atoms with Crippen LogP contribution in [0.15, 0.2) is 52.4 Å². The maximum Gasteiger partial charge on any atom is 0.269 e. The smallest absolute Gasteiger partial charge is 0.269 e.